The Morgan fingerprint density at radius 3 is 2.27 bits per heavy atom. The van der Waals surface area contributed by atoms with Crippen molar-refractivity contribution < 1.29 is 9.59 Å². The Balaban J connectivity index is 2.20. The van der Waals surface area contributed by atoms with Crippen LogP contribution in [0.4, 0.5) is 5.69 Å². The number of hydrogen-bond acceptors (Lipinski definition) is 3. The molecule has 1 aromatic carbocycles. The van der Waals surface area contributed by atoms with E-state index in [0.717, 1.165) is 24.6 Å². The molecule has 6 heteroatoms. The minimum Gasteiger partial charge on any atom is -0.325 e. The summed E-state index contributed by atoms with van der Waals surface area (Å²) in [7, 11) is 0. The highest BCUT2D eigenvalue weighted by Gasteiger charge is 2.28. The van der Waals surface area contributed by atoms with Crippen LogP contribution in [-0.4, -0.2) is 11.0 Å². The quantitative estimate of drug-likeness (QED) is 0.548. The summed E-state index contributed by atoms with van der Waals surface area (Å²) < 4.78 is 0. The maximum Gasteiger partial charge on any atom is 0.227 e. The van der Waals surface area contributed by atoms with Crippen LogP contribution >= 0.6 is 35.0 Å². The van der Waals surface area contributed by atoms with E-state index in [1.165, 1.54) is 19.3 Å². The van der Waals surface area contributed by atoms with Gasteiger partial charge in [0.1, 0.15) is 0 Å². The molecule has 1 saturated carbocycles. The minimum absolute atomic E-state index is 0.00622. The van der Waals surface area contributed by atoms with Crippen molar-refractivity contribution in [3.8, 4) is 0 Å². The van der Waals surface area contributed by atoms with Gasteiger partial charge in [0.25, 0.3) is 0 Å². The smallest absolute Gasteiger partial charge is 0.227 e. The van der Waals surface area contributed by atoms with E-state index in [9.17, 15) is 9.59 Å². The largest absolute Gasteiger partial charge is 0.325 e. The molecule has 3 nitrogen and oxygen atoms in total. The van der Waals surface area contributed by atoms with Crippen LogP contribution in [0.25, 0.3) is 0 Å². The first kappa shape index (κ1) is 21.6. The van der Waals surface area contributed by atoms with Crippen molar-refractivity contribution in [2.45, 2.75) is 64.7 Å². The van der Waals surface area contributed by atoms with Gasteiger partial charge in [0.15, 0.2) is 5.12 Å². The number of carbonyl (C=O) groups is 2. The van der Waals surface area contributed by atoms with Gasteiger partial charge >= 0.3 is 0 Å². The van der Waals surface area contributed by atoms with Crippen molar-refractivity contribution in [1.29, 1.82) is 0 Å². The molecule has 1 unspecified atom stereocenters. The number of anilines is 1. The number of amides is 1. The van der Waals surface area contributed by atoms with Gasteiger partial charge in [-0.1, -0.05) is 70.2 Å². The average Bonchev–Trinajstić information content (AvgIpc) is 2.58. The Hall–Kier alpha value is -0.710. The minimum atomic E-state index is -0.493. The molecule has 2 rings (SSSR count). The number of halogens is 2. The van der Waals surface area contributed by atoms with Crippen LogP contribution in [0.15, 0.2) is 17.0 Å². The van der Waals surface area contributed by atoms with E-state index < -0.39 is 5.41 Å². The summed E-state index contributed by atoms with van der Waals surface area (Å²) in [6.45, 7) is 7.58. The first-order valence-electron chi connectivity index (χ1n) is 9.12. The van der Waals surface area contributed by atoms with E-state index in [1.54, 1.807) is 12.1 Å². The molecule has 1 amide bonds. The Kier molecular flexibility index (Phi) is 7.46. The van der Waals surface area contributed by atoms with Gasteiger partial charge in [0.2, 0.25) is 5.91 Å². The Bertz CT molecular complexity index is 679. The Labute approximate surface area is 170 Å². The molecule has 0 spiro atoms. The molecular weight excluding hydrogens is 389 g/mol. The van der Waals surface area contributed by atoms with Gasteiger partial charge in [-0.3, -0.25) is 9.59 Å². The lowest BCUT2D eigenvalue weighted by atomic mass is 9.80. The van der Waals surface area contributed by atoms with Crippen LogP contribution in [-0.2, 0) is 9.59 Å². The summed E-state index contributed by atoms with van der Waals surface area (Å²) in [6, 6.07) is 3.28. The second kappa shape index (κ2) is 8.99. The molecule has 1 N–H and O–H groups in total. The zero-order chi connectivity index (χ0) is 19.5. The fraction of sp³-hybridized carbons (Fsp3) is 0.600. The number of benzene rings is 1. The molecule has 1 fully saturated rings. The molecule has 0 bridgehead atoms. The molecule has 144 valence electrons. The van der Waals surface area contributed by atoms with Gasteiger partial charge in [-0.05, 0) is 42.7 Å². The second-order valence-electron chi connectivity index (χ2n) is 8.08. The third kappa shape index (κ3) is 5.64. The average molecular weight is 416 g/mol. The van der Waals surface area contributed by atoms with Crippen molar-refractivity contribution in [1.82, 2.24) is 0 Å². The van der Waals surface area contributed by atoms with E-state index in [0.29, 0.717) is 26.5 Å². The van der Waals surface area contributed by atoms with Crippen molar-refractivity contribution in [3.05, 3.63) is 22.2 Å². The highest BCUT2D eigenvalue weighted by atomic mass is 35.5. The maximum atomic E-state index is 12.8. The molecule has 1 aliphatic rings. The third-order valence-electron chi connectivity index (χ3n) is 4.87. The summed E-state index contributed by atoms with van der Waals surface area (Å²) in [5.41, 5.74) is 0.0580. The maximum absolute atomic E-state index is 12.8. The zero-order valence-corrected chi connectivity index (χ0v) is 18.2. The number of carbonyl (C=O) groups excluding carboxylic acids is 2. The molecule has 1 atom stereocenters. The summed E-state index contributed by atoms with van der Waals surface area (Å²) in [4.78, 5) is 25.8. The van der Waals surface area contributed by atoms with Crippen LogP contribution in [0.2, 0.25) is 10.0 Å². The van der Waals surface area contributed by atoms with Crippen LogP contribution in [0.5, 0.6) is 0 Å². The zero-order valence-electron chi connectivity index (χ0n) is 15.8. The molecule has 0 heterocycles. The number of rotatable bonds is 4. The second-order valence-corrected chi connectivity index (χ2v) is 9.91. The van der Waals surface area contributed by atoms with Gasteiger partial charge in [-0.2, -0.15) is 0 Å². The topological polar surface area (TPSA) is 46.2 Å². The number of thioether (sulfide) groups is 1. The lowest BCUT2D eigenvalue weighted by Crippen LogP contribution is -2.28. The first-order valence-corrected chi connectivity index (χ1v) is 10.7. The SMILES string of the molecule is CC(C(=O)Nc1cc(Cl)c(Cl)cc1SC(=O)C(C)(C)C)C1CCCCC1. The molecule has 1 aliphatic carbocycles. The highest BCUT2D eigenvalue weighted by Crippen LogP contribution is 2.39. The fourth-order valence-corrected chi connectivity index (χ4v) is 4.35. The lowest BCUT2D eigenvalue weighted by Gasteiger charge is -2.27. The molecule has 0 radical (unpaired) electrons. The standard InChI is InChI=1S/C20H27Cl2NO2S/c1-12(13-8-6-5-7-9-13)18(24)23-16-10-14(21)15(22)11-17(16)26-19(25)20(2,3)4/h10-13H,5-9H2,1-4H3,(H,23,24). The summed E-state index contributed by atoms with van der Waals surface area (Å²) in [5, 5.41) is 3.71. The highest BCUT2D eigenvalue weighted by molar-refractivity contribution is 8.13. The van der Waals surface area contributed by atoms with Crippen molar-refractivity contribution in [2.75, 3.05) is 5.32 Å². The van der Waals surface area contributed by atoms with E-state index in [2.05, 4.69) is 5.32 Å². The normalized spacial score (nSPS) is 17.0. The van der Waals surface area contributed by atoms with Crippen molar-refractivity contribution >= 4 is 51.7 Å². The molecule has 26 heavy (non-hydrogen) atoms. The first-order chi connectivity index (χ1) is 12.1. The van der Waals surface area contributed by atoms with Gasteiger partial charge in [0, 0.05) is 16.2 Å². The monoisotopic (exact) mass is 415 g/mol. The van der Waals surface area contributed by atoms with E-state index >= 15 is 0 Å². The molecule has 1 aromatic rings. The number of nitrogens with one attached hydrogen (secondary N) is 1. The van der Waals surface area contributed by atoms with Gasteiger partial charge in [-0.25, -0.2) is 0 Å². The molecule has 0 saturated heterocycles. The van der Waals surface area contributed by atoms with E-state index in [4.69, 9.17) is 23.2 Å². The Morgan fingerprint density at radius 1 is 1.12 bits per heavy atom. The predicted octanol–water partition coefficient (Wildman–Crippen LogP) is 6.81. The van der Waals surface area contributed by atoms with E-state index in [1.807, 2.05) is 27.7 Å². The summed E-state index contributed by atoms with van der Waals surface area (Å²) in [6.07, 6.45) is 5.83. The fourth-order valence-electron chi connectivity index (χ4n) is 3.06. The molecule has 0 aromatic heterocycles. The third-order valence-corrected chi connectivity index (χ3v) is 6.94. The molecular formula is C20H27Cl2NO2S. The van der Waals surface area contributed by atoms with Gasteiger partial charge in [-0.15, -0.1) is 0 Å². The van der Waals surface area contributed by atoms with Crippen LogP contribution in [0, 0.1) is 17.3 Å². The van der Waals surface area contributed by atoms with Crippen molar-refractivity contribution in [2.24, 2.45) is 17.3 Å². The Morgan fingerprint density at radius 2 is 1.69 bits per heavy atom. The van der Waals surface area contributed by atoms with Crippen LogP contribution in [0.1, 0.15) is 59.8 Å². The molecule has 0 aliphatic heterocycles. The summed E-state index contributed by atoms with van der Waals surface area (Å²) in [5.74, 6) is 0.320. The van der Waals surface area contributed by atoms with Gasteiger partial charge in [0.05, 0.1) is 15.7 Å². The van der Waals surface area contributed by atoms with E-state index in [-0.39, 0.29) is 16.9 Å². The number of hydrogen-bond donors (Lipinski definition) is 1. The van der Waals surface area contributed by atoms with Crippen LogP contribution in [0.3, 0.4) is 0 Å². The van der Waals surface area contributed by atoms with Gasteiger partial charge < -0.3 is 5.32 Å². The lowest BCUT2D eigenvalue weighted by molar-refractivity contribution is -0.121. The van der Waals surface area contributed by atoms with Crippen molar-refractivity contribution in [3.63, 3.8) is 0 Å². The summed E-state index contributed by atoms with van der Waals surface area (Å²) >= 11 is 13.4. The van der Waals surface area contributed by atoms with Crippen LogP contribution < -0.4 is 5.32 Å². The predicted molar refractivity (Wildman–Crippen MR) is 111 cm³/mol.